The van der Waals surface area contributed by atoms with Crippen molar-refractivity contribution in [3.8, 4) is 17.2 Å². The number of nitrogens with zero attached hydrogens (tertiary/aromatic N) is 2. The fourth-order valence-electron chi connectivity index (χ4n) is 3.88. The number of hydrogen-bond acceptors (Lipinski definition) is 3. The first-order valence-corrected chi connectivity index (χ1v) is 9.50. The normalized spacial score (nSPS) is 18.1. The minimum absolute atomic E-state index is 0.687. The highest BCUT2D eigenvalue weighted by molar-refractivity contribution is 5.84. The molecule has 0 radical (unpaired) electrons. The van der Waals surface area contributed by atoms with Gasteiger partial charge in [-0.05, 0) is 67.8 Å². The van der Waals surface area contributed by atoms with Crippen molar-refractivity contribution in [2.75, 3.05) is 13.1 Å². The number of rotatable bonds is 4. The Morgan fingerprint density at radius 3 is 2.65 bits per heavy atom. The Morgan fingerprint density at radius 2 is 1.88 bits per heavy atom. The maximum Gasteiger partial charge on any atom is 0.134 e. The van der Waals surface area contributed by atoms with E-state index in [0.29, 0.717) is 11.6 Å². The molecule has 1 fully saturated rings. The van der Waals surface area contributed by atoms with Crippen molar-refractivity contribution in [2.45, 2.75) is 38.6 Å². The molecule has 0 spiro atoms. The van der Waals surface area contributed by atoms with Crippen LogP contribution in [0.4, 0.5) is 0 Å². The Labute approximate surface area is 154 Å². The first kappa shape index (κ1) is 16.9. The third kappa shape index (κ3) is 3.52. The molecule has 1 saturated heterocycles. The summed E-state index contributed by atoms with van der Waals surface area (Å²) in [5.41, 5.74) is 3.91. The number of hydrogen-bond donors (Lipinski definition) is 0. The fraction of sp³-hybridized carbons (Fsp3) is 0.348. The van der Waals surface area contributed by atoms with Crippen LogP contribution in [0.5, 0.6) is 0 Å². The summed E-state index contributed by atoms with van der Waals surface area (Å²) in [6.45, 7) is 4.62. The monoisotopic (exact) mass is 344 g/mol. The van der Waals surface area contributed by atoms with Gasteiger partial charge in [0.2, 0.25) is 0 Å². The minimum atomic E-state index is 0.687. The molecule has 2 aromatic carbocycles. The second kappa shape index (κ2) is 7.35. The van der Waals surface area contributed by atoms with Gasteiger partial charge in [0.1, 0.15) is 11.3 Å². The van der Waals surface area contributed by atoms with Crippen LogP contribution in [0.2, 0.25) is 0 Å². The lowest BCUT2D eigenvalue weighted by Gasteiger charge is -2.32. The molecule has 1 atom stereocenters. The van der Waals surface area contributed by atoms with Crippen LogP contribution < -0.4 is 0 Å². The Morgan fingerprint density at radius 1 is 1.08 bits per heavy atom. The molecule has 4 rings (SSSR count). The molecule has 1 aromatic heterocycles. The average molecular weight is 344 g/mol. The number of likely N-dealkylation sites (tertiary alicyclic amines) is 1. The van der Waals surface area contributed by atoms with E-state index in [4.69, 9.17) is 9.68 Å². The molecule has 3 aromatic rings. The van der Waals surface area contributed by atoms with E-state index < -0.39 is 0 Å². The van der Waals surface area contributed by atoms with Crippen molar-refractivity contribution < 1.29 is 4.42 Å². The lowest BCUT2D eigenvalue weighted by Crippen LogP contribution is -2.38. The van der Waals surface area contributed by atoms with Crippen LogP contribution in [0.1, 0.15) is 37.5 Å². The topological polar surface area (TPSA) is 40.2 Å². The van der Waals surface area contributed by atoms with Crippen molar-refractivity contribution in [2.24, 2.45) is 0 Å². The third-order valence-electron chi connectivity index (χ3n) is 5.50. The summed E-state index contributed by atoms with van der Waals surface area (Å²) in [6, 6.07) is 19.1. The van der Waals surface area contributed by atoms with Crippen LogP contribution in [-0.2, 0) is 6.42 Å². The number of furan rings is 1. The molecule has 132 valence electrons. The predicted molar refractivity (Wildman–Crippen MR) is 105 cm³/mol. The largest absolute Gasteiger partial charge is 0.461 e. The lowest BCUT2D eigenvalue weighted by molar-refractivity contribution is 0.160. The van der Waals surface area contributed by atoms with Crippen LogP contribution >= 0.6 is 0 Å². The van der Waals surface area contributed by atoms with E-state index in [1.807, 2.05) is 24.3 Å². The second-order valence-electron chi connectivity index (χ2n) is 7.29. The van der Waals surface area contributed by atoms with Crippen molar-refractivity contribution in [3.63, 3.8) is 0 Å². The molecule has 1 aliphatic rings. The molecule has 2 heterocycles. The predicted octanol–water partition coefficient (Wildman–Crippen LogP) is 5.39. The van der Waals surface area contributed by atoms with E-state index in [-0.39, 0.29) is 0 Å². The summed E-state index contributed by atoms with van der Waals surface area (Å²) in [5, 5.41) is 10.1. The molecule has 0 aliphatic carbocycles. The molecule has 0 bridgehead atoms. The van der Waals surface area contributed by atoms with Gasteiger partial charge in [0.15, 0.2) is 0 Å². The zero-order valence-electron chi connectivity index (χ0n) is 15.2. The summed E-state index contributed by atoms with van der Waals surface area (Å²) in [6.07, 6.45) is 4.96. The van der Waals surface area contributed by atoms with Crippen LogP contribution in [0.25, 0.3) is 22.1 Å². The van der Waals surface area contributed by atoms with E-state index in [2.05, 4.69) is 42.2 Å². The van der Waals surface area contributed by atoms with Crippen LogP contribution in [0.3, 0.4) is 0 Å². The standard InChI is InChI=1S/C23H24N2O/c1-17-4-2-3-12-25(17)13-11-22-15-21-14-20(9-10-23(21)26-22)19-7-5-18(16-24)6-8-19/h5-10,14-15,17H,2-4,11-13H2,1H3/t17-/m1/s1. The molecular formula is C23H24N2O. The highest BCUT2D eigenvalue weighted by atomic mass is 16.3. The van der Waals surface area contributed by atoms with Crippen LogP contribution in [0.15, 0.2) is 52.9 Å². The molecular weight excluding hydrogens is 320 g/mol. The highest BCUT2D eigenvalue weighted by Crippen LogP contribution is 2.27. The van der Waals surface area contributed by atoms with Gasteiger partial charge < -0.3 is 9.32 Å². The van der Waals surface area contributed by atoms with Crippen molar-refractivity contribution in [3.05, 3.63) is 59.9 Å². The molecule has 26 heavy (non-hydrogen) atoms. The summed E-state index contributed by atoms with van der Waals surface area (Å²) in [4.78, 5) is 2.58. The van der Waals surface area contributed by atoms with Gasteiger partial charge in [0.05, 0.1) is 11.6 Å². The number of fused-ring (bicyclic) bond motifs is 1. The quantitative estimate of drug-likeness (QED) is 0.637. The number of piperidine rings is 1. The lowest BCUT2D eigenvalue weighted by atomic mass is 10.0. The first-order valence-electron chi connectivity index (χ1n) is 9.50. The van der Waals surface area contributed by atoms with Crippen molar-refractivity contribution in [1.29, 1.82) is 5.26 Å². The fourth-order valence-corrected chi connectivity index (χ4v) is 3.88. The smallest absolute Gasteiger partial charge is 0.134 e. The van der Waals surface area contributed by atoms with Gasteiger partial charge in [-0.25, -0.2) is 0 Å². The Balaban J connectivity index is 1.51. The van der Waals surface area contributed by atoms with Gasteiger partial charge in [-0.1, -0.05) is 24.6 Å². The third-order valence-corrected chi connectivity index (χ3v) is 5.50. The molecule has 0 unspecified atom stereocenters. The SMILES string of the molecule is C[C@@H]1CCCCN1CCc1cc2cc(-c3ccc(C#N)cc3)ccc2o1. The minimum Gasteiger partial charge on any atom is -0.461 e. The van der Waals surface area contributed by atoms with Gasteiger partial charge in [0, 0.05) is 24.4 Å². The van der Waals surface area contributed by atoms with E-state index in [9.17, 15) is 0 Å². The molecule has 0 saturated carbocycles. The Kier molecular flexibility index (Phi) is 4.77. The molecule has 0 N–H and O–H groups in total. The van der Waals surface area contributed by atoms with Gasteiger partial charge in [-0.2, -0.15) is 5.26 Å². The first-order chi connectivity index (χ1) is 12.7. The molecule has 3 nitrogen and oxygen atoms in total. The summed E-state index contributed by atoms with van der Waals surface area (Å²) < 4.78 is 6.05. The Bertz CT molecular complexity index is 933. The molecule has 0 amide bonds. The van der Waals surface area contributed by atoms with E-state index >= 15 is 0 Å². The van der Waals surface area contributed by atoms with Crippen LogP contribution in [0, 0.1) is 11.3 Å². The van der Waals surface area contributed by atoms with E-state index in [0.717, 1.165) is 40.8 Å². The summed E-state index contributed by atoms with van der Waals surface area (Å²) in [7, 11) is 0. The maximum atomic E-state index is 8.94. The second-order valence-corrected chi connectivity index (χ2v) is 7.29. The van der Waals surface area contributed by atoms with E-state index in [1.165, 1.54) is 25.8 Å². The van der Waals surface area contributed by atoms with Crippen molar-refractivity contribution in [1.82, 2.24) is 4.90 Å². The summed E-state index contributed by atoms with van der Waals surface area (Å²) >= 11 is 0. The van der Waals surface area contributed by atoms with Crippen LogP contribution in [-0.4, -0.2) is 24.0 Å². The van der Waals surface area contributed by atoms with Gasteiger partial charge >= 0.3 is 0 Å². The highest BCUT2D eigenvalue weighted by Gasteiger charge is 2.18. The molecule has 3 heteroatoms. The number of nitriles is 1. The number of benzene rings is 2. The molecule has 1 aliphatic heterocycles. The summed E-state index contributed by atoms with van der Waals surface area (Å²) in [5.74, 6) is 1.06. The van der Waals surface area contributed by atoms with Gasteiger partial charge in [-0.15, -0.1) is 0 Å². The van der Waals surface area contributed by atoms with Gasteiger partial charge in [0.25, 0.3) is 0 Å². The van der Waals surface area contributed by atoms with Gasteiger partial charge in [-0.3, -0.25) is 0 Å². The maximum absolute atomic E-state index is 8.94. The Hall–Kier alpha value is -2.57. The zero-order valence-corrected chi connectivity index (χ0v) is 15.2. The van der Waals surface area contributed by atoms with Crippen molar-refractivity contribution >= 4 is 11.0 Å². The van der Waals surface area contributed by atoms with E-state index in [1.54, 1.807) is 0 Å². The average Bonchev–Trinajstić information content (AvgIpc) is 3.09. The zero-order chi connectivity index (χ0) is 17.9.